The monoisotopic (exact) mass is 232 g/mol. The van der Waals surface area contributed by atoms with E-state index in [1.807, 2.05) is 13.8 Å². The van der Waals surface area contributed by atoms with Crippen molar-refractivity contribution in [2.24, 2.45) is 11.7 Å². The molecule has 4 N–H and O–H groups in total. The van der Waals surface area contributed by atoms with Gasteiger partial charge in [0.2, 0.25) is 5.91 Å². The van der Waals surface area contributed by atoms with E-state index in [2.05, 4.69) is 5.32 Å². The third-order valence-corrected chi connectivity index (χ3v) is 2.00. The Morgan fingerprint density at radius 3 is 2.38 bits per heavy atom. The molecule has 1 amide bonds. The summed E-state index contributed by atoms with van der Waals surface area (Å²) < 4.78 is 4.71. The molecule has 0 heterocycles. The van der Waals surface area contributed by atoms with Crippen LogP contribution in [-0.4, -0.2) is 42.8 Å². The lowest BCUT2D eigenvalue weighted by molar-refractivity contribution is -0.142. The van der Waals surface area contributed by atoms with Gasteiger partial charge in [0, 0.05) is 7.11 Å². The molecule has 0 aromatic carbocycles. The zero-order chi connectivity index (χ0) is 12.7. The van der Waals surface area contributed by atoms with E-state index < -0.39 is 24.0 Å². The van der Waals surface area contributed by atoms with Crippen molar-refractivity contribution in [1.82, 2.24) is 5.32 Å². The van der Waals surface area contributed by atoms with Crippen molar-refractivity contribution in [1.29, 1.82) is 0 Å². The predicted molar refractivity (Wildman–Crippen MR) is 58.9 cm³/mol. The number of hydrogen-bond donors (Lipinski definition) is 3. The van der Waals surface area contributed by atoms with E-state index in [-0.39, 0.29) is 12.5 Å². The fraction of sp³-hybridized carbons (Fsp3) is 0.800. The van der Waals surface area contributed by atoms with Crippen molar-refractivity contribution in [3.63, 3.8) is 0 Å². The summed E-state index contributed by atoms with van der Waals surface area (Å²) in [5.74, 6) is -1.37. The molecule has 0 saturated carbocycles. The van der Waals surface area contributed by atoms with E-state index in [0.717, 1.165) is 0 Å². The van der Waals surface area contributed by atoms with Gasteiger partial charge in [-0.2, -0.15) is 0 Å². The van der Waals surface area contributed by atoms with Crippen LogP contribution in [0.4, 0.5) is 0 Å². The minimum atomic E-state index is -1.05. The molecule has 0 radical (unpaired) electrons. The Balaban J connectivity index is 4.28. The van der Waals surface area contributed by atoms with E-state index in [4.69, 9.17) is 15.6 Å². The summed E-state index contributed by atoms with van der Waals surface area (Å²) in [4.78, 5) is 22.3. The fourth-order valence-corrected chi connectivity index (χ4v) is 1.23. The van der Waals surface area contributed by atoms with Crippen LogP contribution in [0.2, 0.25) is 0 Å². The molecule has 0 aliphatic heterocycles. The Bertz CT molecular complexity index is 243. The molecule has 2 atom stereocenters. The van der Waals surface area contributed by atoms with Gasteiger partial charge in [0.1, 0.15) is 12.1 Å². The number of hydrogen-bond acceptors (Lipinski definition) is 4. The lowest BCUT2D eigenvalue weighted by Crippen LogP contribution is -2.50. The number of nitrogens with two attached hydrogens (primary N) is 1. The Hall–Kier alpha value is -1.14. The van der Waals surface area contributed by atoms with Crippen molar-refractivity contribution in [3.05, 3.63) is 0 Å². The number of aliphatic carboxylic acids is 1. The number of nitrogens with one attached hydrogen (secondary N) is 1. The van der Waals surface area contributed by atoms with Gasteiger partial charge in [-0.25, -0.2) is 4.79 Å². The molecule has 6 heteroatoms. The van der Waals surface area contributed by atoms with E-state index in [9.17, 15) is 9.59 Å². The molecule has 0 saturated heterocycles. The molecule has 0 aromatic heterocycles. The van der Waals surface area contributed by atoms with Crippen molar-refractivity contribution in [2.45, 2.75) is 32.4 Å². The van der Waals surface area contributed by atoms with Crippen LogP contribution in [0.3, 0.4) is 0 Å². The lowest BCUT2D eigenvalue weighted by Gasteiger charge is -2.18. The van der Waals surface area contributed by atoms with Gasteiger partial charge in [-0.1, -0.05) is 13.8 Å². The summed E-state index contributed by atoms with van der Waals surface area (Å²) in [5.41, 5.74) is 5.48. The summed E-state index contributed by atoms with van der Waals surface area (Å²) in [6.45, 7) is 3.84. The number of methoxy groups -OCH3 is 1. The van der Waals surface area contributed by atoms with Crippen molar-refractivity contribution in [3.8, 4) is 0 Å². The zero-order valence-corrected chi connectivity index (χ0v) is 9.90. The summed E-state index contributed by atoms with van der Waals surface area (Å²) in [6.07, 6.45) is 0.376. The maximum atomic E-state index is 11.4. The fourth-order valence-electron chi connectivity index (χ4n) is 1.23. The molecular weight excluding hydrogens is 212 g/mol. The average molecular weight is 232 g/mol. The van der Waals surface area contributed by atoms with Gasteiger partial charge in [-0.3, -0.25) is 4.79 Å². The van der Waals surface area contributed by atoms with E-state index in [0.29, 0.717) is 6.42 Å². The van der Waals surface area contributed by atoms with E-state index in [1.165, 1.54) is 7.11 Å². The standard InChI is InChI=1S/C10H20N2O4/c1-6(2)4-8(10(14)15)12-9(13)7(11)5-16-3/h6-8H,4-5,11H2,1-3H3,(H,12,13)(H,14,15). The first kappa shape index (κ1) is 14.9. The topological polar surface area (TPSA) is 102 Å². The number of carboxylic acid groups (broad SMARTS) is 1. The van der Waals surface area contributed by atoms with Gasteiger partial charge in [0.15, 0.2) is 0 Å². The van der Waals surface area contributed by atoms with Crippen LogP contribution in [-0.2, 0) is 14.3 Å². The first-order valence-electron chi connectivity index (χ1n) is 5.16. The predicted octanol–water partition coefficient (Wildman–Crippen LogP) is -0.424. The number of amides is 1. The molecule has 2 unspecified atom stereocenters. The van der Waals surface area contributed by atoms with Gasteiger partial charge >= 0.3 is 5.97 Å². The second-order valence-corrected chi connectivity index (χ2v) is 4.09. The second-order valence-electron chi connectivity index (χ2n) is 4.09. The van der Waals surface area contributed by atoms with Gasteiger partial charge in [-0.15, -0.1) is 0 Å². The SMILES string of the molecule is COCC(N)C(=O)NC(CC(C)C)C(=O)O. The summed E-state index contributed by atoms with van der Waals surface area (Å²) in [5, 5.41) is 11.3. The van der Waals surface area contributed by atoms with Gasteiger partial charge in [0.05, 0.1) is 6.61 Å². The van der Waals surface area contributed by atoms with Crippen LogP contribution < -0.4 is 11.1 Å². The second kappa shape index (κ2) is 7.19. The van der Waals surface area contributed by atoms with Gasteiger partial charge in [-0.05, 0) is 12.3 Å². The molecule has 6 nitrogen and oxygen atoms in total. The largest absolute Gasteiger partial charge is 0.480 e. The highest BCUT2D eigenvalue weighted by Crippen LogP contribution is 2.05. The number of ether oxygens (including phenoxy) is 1. The summed E-state index contributed by atoms with van der Waals surface area (Å²) >= 11 is 0. The van der Waals surface area contributed by atoms with Crippen molar-refractivity contribution in [2.75, 3.05) is 13.7 Å². The normalized spacial score (nSPS) is 14.6. The van der Waals surface area contributed by atoms with Gasteiger partial charge in [0.25, 0.3) is 0 Å². The highest BCUT2D eigenvalue weighted by molar-refractivity contribution is 5.86. The van der Waals surface area contributed by atoms with E-state index in [1.54, 1.807) is 0 Å². The number of carbonyl (C=O) groups is 2. The first-order chi connectivity index (χ1) is 7.38. The molecule has 94 valence electrons. The maximum Gasteiger partial charge on any atom is 0.326 e. The Morgan fingerprint density at radius 1 is 1.44 bits per heavy atom. The molecule has 16 heavy (non-hydrogen) atoms. The number of rotatable bonds is 7. The first-order valence-corrected chi connectivity index (χ1v) is 5.16. The van der Waals surface area contributed by atoms with Gasteiger partial charge < -0.3 is 20.9 Å². The third kappa shape index (κ3) is 5.67. The highest BCUT2D eigenvalue weighted by Gasteiger charge is 2.23. The molecular formula is C10H20N2O4. The smallest absolute Gasteiger partial charge is 0.326 e. The van der Waals surface area contributed by atoms with Crippen LogP contribution >= 0.6 is 0 Å². The third-order valence-electron chi connectivity index (χ3n) is 2.00. The number of carbonyl (C=O) groups excluding carboxylic acids is 1. The molecule has 0 aromatic rings. The molecule has 0 spiro atoms. The Kier molecular flexibility index (Phi) is 6.67. The molecule has 0 fully saturated rings. The van der Waals surface area contributed by atoms with Crippen LogP contribution in [0.25, 0.3) is 0 Å². The molecule has 0 aliphatic rings. The lowest BCUT2D eigenvalue weighted by atomic mass is 10.0. The average Bonchev–Trinajstić information content (AvgIpc) is 2.16. The van der Waals surface area contributed by atoms with Crippen molar-refractivity contribution >= 4 is 11.9 Å². The Labute approximate surface area is 95.1 Å². The minimum Gasteiger partial charge on any atom is -0.480 e. The van der Waals surface area contributed by atoms with Crippen LogP contribution in [0.1, 0.15) is 20.3 Å². The van der Waals surface area contributed by atoms with Crippen LogP contribution in [0.15, 0.2) is 0 Å². The summed E-state index contributed by atoms with van der Waals surface area (Å²) in [6, 6.07) is -1.73. The minimum absolute atomic E-state index is 0.0693. The Morgan fingerprint density at radius 2 is 2.00 bits per heavy atom. The molecule has 0 bridgehead atoms. The van der Waals surface area contributed by atoms with Crippen LogP contribution in [0, 0.1) is 5.92 Å². The van der Waals surface area contributed by atoms with Crippen LogP contribution in [0.5, 0.6) is 0 Å². The summed E-state index contributed by atoms with van der Waals surface area (Å²) in [7, 11) is 1.43. The highest BCUT2D eigenvalue weighted by atomic mass is 16.5. The van der Waals surface area contributed by atoms with E-state index >= 15 is 0 Å². The molecule has 0 rings (SSSR count). The van der Waals surface area contributed by atoms with Crippen molar-refractivity contribution < 1.29 is 19.4 Å². The maximum absolute atomic E-state index is 11.4. The zero-order valence-electron chi connectivity index (χ0n) is 9.90. The molecule has 0 aliphatic carbocycles. The quantitative estimate of drug-likeness (QED) is 0.553. The number of carboxylic acids is 1.